The van der Waals surface area contributed by atoms with Gasteiger partial charge in [0.1, 0.15) is 0 Å². The molecule has 19 heavy (non-hydrogen) atoms. The van der Waals surface area contributed by atoms with Crippen molar-refractivity contribution in [3.05, 3.63) is 35.4 Å². The molecule has 1 amide bonds. The monoisotopic (exact) mass is 259 g/mol. The largest absolute Gasteiger partial charge is 0.338 e. The van der Waals surface area contributed by atoms with Crippen molar-refractivity contribution in [1.82, 2.24) is 10.2 Å². The lowest BCUT2D eigenvalue weighted by atomic mass is 9.86. The van der Waals surface area contributed by atoms with Crippen LogP contribution in [0, 0.1) is 5.41 Å². The molecule has 102 valence electrons. The SMILES string of the molecule is NCc1ccc(C(=O)N2CCC3(CCNC3)C2)cc1. The smallest absolute Gasteiger partial charge is 0.253 e. The van der Waals surface area contributed by atoms with Crippen LogP contribution in [-0.2, 0) is 6.54 Å². The molecule has 3 rings (SSSR count). The second-order valence-corrected chi connectivity index (χ2v) is 5.80. The highest BCUT2D eigenvalue weighted by atomic mass is 16.2. The Hall–Kier alpha value is -1.39. The third-order valence-electron chi connectivity index (χ3n) is 4.49. The molecule has 0 bridgehead atoms. The zero-order valence-corrected chi connectivity index (χ0v) is 11.2. The molecule has 2 saturated heterocycles. The van der Waals surface area contributed by atoms with E-state index in [-0.39, 0.29) is 5.91 Å². The first-order valence-corrected chi connectivity index (χ1v) is 7.01. The van der Waals surface area contributed by atoms with Crippen molar-refractivity contribution in [2.24, 2.45) is 11.1 Å². The van der Waals surface area contributed by atoms with Crippen LogP contribution in [0.2, 0.25) is 0 Å². The second kappa shape index (κ2) is 4.94. The Labute approximate surface area is 114 Å². The number of amides is 1. The van der Waals surface area contributed by atoms with E-state index in [0.29, 0.717) is 12.0 Å². The van der Waals surface area contributed by atoms with E-state index in [1.807, 2.05) is 29.2 Å². The predicted octanol–water partition coefficient (Wildman–Crippen LogP) is 0.971. The van der Waals surface area contributed by atoms with Gasteiger partial charge in [-0.05, 0) is 37.1 Å². The maximum atomic E-state index is 12.5. The van der Waals surface area contributed by atoms with Gasteiger partial charge in [0.15, 0.2) is 0 Å². The fourth-order valence-corrected chi connectivity index (χ4v) is 3.22. The van der Waals surface area contributed by atoms with Gasteiger partial charge < -0.3 is 16.0 Å². The van der Waals surface area contributed by atoms with Gasteiger partial charge in [-0.1, -0.05) is 12.1 Å². The van der Waals surface area contributed by atoms with Crippen molar-refractivity contribution >= 4 is 5.91 Å². The van der Waals surface area contributed by atoms with E-state index in [4.69, 9.17) is 5.73 Å². The summed E-state index contributed by atoms with van der Waals surface area (Å²) >= 11 is 0. The molecule has 1 unspecified atom stereocenters. The lowest BCUT2D eigenvalue weighted by Crippen LogP contribution is -2.33. The average Bonchev–Trinajstić information content (AvgIpc) is 3.09. The van der Waals surface area contributed by atoms with Gasteiger partial charge in [0.2, 0.25) is 0 Å². The Morgan fingerprint density at radius 1 is 1.32 bits per heavy atom. The van der Waals surface area contributed by atoms with Gasteiger partial charge in [0, 0.05) is 37.2 Å². The van der Waals surface area contributed by atoms with Gasteiger partial charge in [0.05, 0.1) is 0 Å². The van der Waals surface area contributed by atoms with Crippen LogP contribution in [0.1, 0.15) is 28.8 Å². The van der Waals surface area contributed by atoms with Gasteiger partial charge in [0.25, 0.3) is 5.91 Å². The second-order valence-electron chi connectivity index (χ2n) is 5.80. The number of benzene rings is 1. The molecule has 0 aromatic heterocycles. The van der Waals surface area contributed by atoms with Gasteiger partial charge in [-0.3, -0.25) is 4.79 Å². The third-order valence-corrected chi connectivity index (χ3v) is 4.49. The molecule has 2 aliphatic heterocycles. The van der Waals surface area contributed by atoms with E-state index in [2.05, 4.69) is 5.32 Å². The molecule has 1 spiro atoms. The zero-order valence-electron chi connectivity index (χ0n) is 11.2. The third kappa shape index (κ3) is 2.38. The minimum atomic E-state index is 0.160. The molecule has 0 radical (unpaired) electrons. The number of carbonyl (C=O) groups excluding carboxylic acids is 1. The molecule has 2 heterocycles. The summed E-state index contributed by atoms with van der Waals surface area (Å²) in [6, 6.07) is 7.66. The predicted molar refractivity (Wildman–Crippen MR) is 74.8 cm³/mol. The highest BCUT2D eigenvalue weighted by molar-refractivity contribution is 5.94. The maximum Gasteiger partial charge on any atom is 0.253 e. The van der Waals surface area contributed by atoms with Crippen LogP contribution in [0.25, 0.3) is 0 Å². The molecule has 1 aromatic carbocycles. The van der Waals surface area contributed by atoms with Crippen LogP contribution in [-0.4, -0.2) is 37.0 Å². The minimum absolute atomic E-state index is 0.160. The summed E-state index contributed by atoms with van der Waals surface area (Å²) in [5.74, 6) is 0.160. The van der Waals surface area contributed by atoms with Crippen LogP contribution < -0.4 is 11.1 Å². The fourth-order valence-electron chi connectivity index (χ4n) is 3.22. The van der Waals surface area contributed by atoms with Crippen LogP contribution in [0.4, 0.5) is 0 Å². The first kappa shape index (κ1) is 12.6. The lowest BCUT2D eigenvalue weighted by molar-refractivity contribution is 0.0775. The number of nitrogens with one attached hydrogen (secondary N) is 1. The summed E-state index contributed by atoms with van der Waals surface area (Å²) in [5.41, 5.74) is 7.76. The van der Waals surface area contributed by atoms with E-state index in [1.165, 1.54) is 6.42 Å². The van der Waals surface area contributed by atoms with E-state index in [0.717, 1.165) is 43.7 Å². The number of carbonyl (C=O) groups is 1. The van der Waals surface area contributed by atoms with Crippen LogP contribution in [0.15, 0.2) is 24.3 Å². The molecule has 4 nitrogen and oxygen atoms in total. The summed E-state index contributed by atoms with van der Waals surface area (Å²) < 4.78 is 0. The molecule has 0 aliphatic carbocycles. The van der Waals surface area contributed by atoms with Crippen LogP contribution in [0.5, 0.6) is 0 Å². The summed E-state index contributed by atoms with van der Waals surface area (Å²) in [4.78, 5) is 14.5. The van der Waals surface area contributed by atoms with Gasteiger partial charge in [-0.25, -0.2) is 0 Å². The number of hydrogen-bond donors (Lipinski definition) is 2. The van der Waals surface area contributed by atoms with Crippen molar-refractivity contribution in [2.75, 3.05) is 26.2 Å². The van der Waals surface area contributed by atoms with Crippen molar-refractivity contribution in [3.63, 3.8) is 0 Å². The molecule has 1 aromatic rings. The molecule has 2 aliphatic rings. The zero-order chi connectivity index (χ0) is 13.3. The molecule has 0 saturated carbocycles. The van der Waals surface area contributed by atoms with E-state index in [9.17, 15) is 4.79 Å². The van der Waals surface area contributed by atoms with Gasteiger partial charge >= 0.3 is 0 Å². The normalized spacial score (nSPS) is 26.3. The Kier molecular flexibility index (Phi) is 3.29. The average molecular weight is 259 g/mol. The van der Waals surface area contributed by atoms with Crippen LogP contribution >= 0.6 is 0 Å². The first-order valence-electron chi connectivity index (χ1n) is 7.01. The van der Waals surface area contributed by atoms with Gasteiger partial charge in [-0.15, -0.1) is 0 Å². The summed E-state index contributed by atoms with van der Waals surface area (Å²) in [6.07, 6.45) is 2.33. The van der Waals surface area contributed by atoms with Crippen molar-refractivity contribution < 1.29 is 4.79 Å². The van der Waals surface area contributed by atoms with Crippen molar-refractivity contribution in [1.29, 1.82) is 0 Å². The van der Waals surface area contributed by atoms with E-state index in [1.54, 1.807) is 0 Å². The van der Waals surface area contributed by atoms with E-state index < -0.39 is 0 Å². The number of likely N-dealkylation sites (tertiary alicyclic amines) is 1. The minimum Gasteiger partial charge on any atom is -0.338 e. The summed E-state index contributed by atoms with van der Waals surface area (Å²) in [7, 11) is 0. The highest BCUT2D eigenvalue weighted by Gasteiger charge is 2.41. The van der Waals surface area contributed by atoms with Crippen LogP contribution in [0.3, 0.4) is 0 Å². The molecular formula is C15H21N3O. The lowest BCUT2D eigenvalue weighted by Gasteiger charge is -2.22. The Morgan fingerprint density at radius 3 is 2.74 bits per heavy atom. The Bertz CT molecular complexity index is 463. The first-order chi connectivity index (χ1) is 9.22. The maximum absolute atomic E-state index is 12.5. The number of hydrogen-bond acceptors (Lipinski definition) is 3. The number of rotatable bonds is 2. The quantitative estimate of drug-likeness (QED) is 0.832. The summed E-state index contributed by atoms with van der Waals surface area (Å²) in [5, 5.41) is 3.42. The Balaban J connectivity index is 1.70. The fraction of sp³-hybridized carbons (Fsp3) is 0.533. The van der Waals surface area contributed by atoms with Gasteiger partial charge in [-0.2, -0.15) is 0 Å². The summed E-state index contributed by atoms with van der Waals surface area (Å²) in [6.45, 7) is 4.46. The topological polar surface area (TPSA) is 58.4 Å². The molecule has 4 heteroatoms. The molecule has 3 N–H and O–H groups in total. The number of nitrogens with zero attached hydrogens (tertiary/aromatic N) is 1. The van der Waals surface area contributed by atoms with Crippen molar-refractivity contribution in [2.45, 2.75) is 19.4 Å². The Morgan fingerprint density at radius 2 is 2.11 bits per heavy atom. The highest BCUT2D eigenvalue weighted by Crippen LogP contribution is 2.36. The molecule has 2 fully saturated rings. The van der Waals surface area contributed by atoms with Crippen molar-refractivity contribution in [3.8, 4) is 0 Å². The molecule has 1 atom stereocenters. The standard InChI is InChI=1S/C15H21N3O/c16-9-12-1-3-13(4-2-12)14(19)18-8-6-15(11-18)5-7-17-10-15/h1-4,17H,5-11,16H2. The molecular weight excluding hydrogens is 238 g/mol. The van der Waals surface area contributed by atoms with E-state index >= 15 is 0 Å². The number of nitrogens with two attached hydrogens (primary N) is 1.